The second-order valence-electron chi connectivity index (χ2n) is 6.98. The number of likely N-dealkylation sites (N-methyl/N-ethyl adjacent to an activating group) is 1. The van der Waals surface area contributed by atoms with E-state index in [4.69, 9.17) is 5.73 Å². The average Bonchev–Trinajstić information content (AvgIpc) is 2.64. The molecule has 0 unspecified atom stereocenters. The summed E-state index contributed by atoms with van der Waals surface area (Å²) in [5, 5.41) is 3.11. The first-order valence-corrected chi connectivity index (χ1v) is 8.07. The first kappa shape index (κ1) is 17.4. The lowest BCUT2D eigenvalue weighted by atomic mass is 9.88. The van der Waals surface area contributed by atoms with Crippen LogP contribution in [-0.4, -0.2) is 42.0 Å². The minimum atomic E-state index is -0.128. The van der Waals surface area contributed by atoms with Crippen LogP contribution in [0.15, 0.2) is 0 Å². The summed E-state index contributed by atoms with van der Waals surface area (Å²) < 4.78 is 0. The Balaban J connectivity index is 2.62. The van der Waals surface area contributed by atoms with Crippen molar-refractivity contribution >= 4 is 5.91 Å². The van der Waals surface area contributed by atoms with Gasteiger partial charge in [-0.2, -0.15) is 0 Å². The molecule has 1 aliphatic carbocycles. The topological polar surface area (TPSA) is 58.4 Å². The van der Waals surface area contributed by atoms with Gasteiger partial charge in [0.25, 0.3) is 0 Å². The highest BCUT2D eigenvalue weighted by Gasteiger charge is 2.34. The fourth-order valence-corrected chi connectivity index (χ4v) is 3.02. The quantitative estimate of drug-likeness (QED) is 0.735. The molecule has 1 fully saturated rings. The molecular weight excluding hydrogens is 250 g/mol. The second kappa shape index (κ2) is 7.41. The van der Waals surface area contributed by atoms with Crippen LogP contribution in [0.1, 0.15) is 65.7 Å². The molecule has 118 valence electrons. The summed E-state index contributed by atoms with van der Waals surface area (Å²) in [6, 6.07) is 0. The molecule has 0 aromatic heterocycles. The van der Waals surface area contributed by atoms with Gasteiger partial charge in [-0.15, -0.1) is 0 Å². The minimum Gasteiger partial charge on any atom is -0.350 e. The maximum absolute atomic E-state index is 12.2. The van der Waals surface area contributed by atoms with Crippen LogP contribution in [0.3, 0.4) is 0 Å². The zero-order chi connectivity index (χ0) is 15.2. The molecule has 0 aromatic rings. The van der Waals surface area contributed by atoms with Crippen molar-refractivity contribution in [1.29, 1.82) is 0 Å². The molecule has 1 saturated carbocycles. The molecule has 3 N–H and O–H groups in total. The number of carbonyl (C=O) groups excluding carboxylic acids is 1. The first-order valence-electron chi connectivity index (χ1n) is 8.07. The summed E-state index contributed by atoms with van der Waals surface area (Å²) in [5.41, 5.74) is 5.95. The van der Waals surface area contributed by atoms with Crippen molar-refractivity contribution in [3.63, 3.8) is 0 Å². The van der Waals surface area contributed by atoms with Crippen molar-refractivity contribution in [3.05, 3.63) is 0 Å². The predicted molar refractivity (Wildman–Crippen MR) is 84.6 cm³/mol. The number of rotatable bonds is 6. The lowest BCUT2D eigenvalue weighted by molar-refractivity contribution is -0.125. The van der Waals surface area contributed by atoms with Gasteiger partial charge in [-0.05, 0) is 40.2 Å². The van der Waals surface area contributed by atoms with E-state index >= 15 is 0 Å². The summed E-state index contributed by atoms with van der Waals surface area (Å²) in [6.45, 7) is 7.32. The molecule has 0 aliphatic heterocycles. The van der Waals surface area contributed by atoms with Crippen LogP contribution < -0.4 is 11.1 Å². The van der Waals surface area contributed by atoms with Gasteiger partial charge in [0.05, 0.1) is 6.54 Å². The third-order valence-electron chi connectivity index (χ3n) is 4.97. The first-order chi connectivity index (χ1) is 9.35. The second-order valence-corrected chi connectivity index (χ2v) is 6.98. The molecular formula is C16H33N3O. The van der Waals surface area contributed by atoms with E-state index in [2.05, 4.69) is 38.0 Å². The van der Waals surface area contributed by atoms with Gasteiger partial charge < -0.3 is 11.1 Å². The molecule has 4 nitrogen and oxygen atoms in total. The fourth-order valence-electron chi connectivity index (χ4n) is 3.02. The fraction of sp³-hybridized carbons (Fsp3) is 0.938. The van der Waals surface area contributed by atoms with Gasteiger partial charge in [0.2, 0.25) is 5.91 Å². The third-order valence-corrected chi connectivity index (χ3v) is 4.97. The molecule has 20 heavy (non-hydrogen) atoms. The van der Waals surface area contributed by atoms with Crippen LogP contribution in [0.5, 0.6) is 0 Å². The van der Waals surface area contributed by atoms with Gasteiger partial charge >= 0.3 is 0 Å². The van der Waals surface area contributed by atoms with E-state index in [1.165, 1.54) is 25.7 Å². The van der Waals surface area contributed by atoms with E-state index in [0.717, 1.165) is 19.3 Å². The van der Waals surface area contributed by atoms with E-state index < -0.39 is 0 Å². The Morgan fingerprint density at radius 1 is 1.25 bits per heavy atom. The lowest BCUT2D eigenvalue weighted by Gasteiger charge is -2.41. The van der Waals surface area contributed by atoms with E-state index in [1.54, 1.807) is 0 Å². The highest BCUT2D eigenvalue weighted by molar-refractivity contribution is 5.78. The maximum atomic E-state index is 12.2. The van der Waals surface area contributed by atoms with Gasteiger partial charge in [0, 0.05) is 17.6 Å². The molecule has 0 atom stereocenters. The van der Waals surface area contributed by atoms with Crippen LogP contribution in [0, 0.1) is 0 Å². The maximum Gasteiger partial charge on any atom is 0.234 e. The van der Waals surface area contributed by atoms with E-state index in [0.29, 0.717) is 13.1 Å². The van der Waals surface area contributed by atoms with E-state index in [1.807, 2.05) is 0 Å². The molecule has 0 saturated heterocycles. The van der Waals surface area contributed by atoms with Crippen molar-refractivity contribution in [2.45, 2.75) is 76.8 Å². The zero-order valence-electron chi connectivity index (χ0n) is 13.8. The molecule has 1 rings (SSSR count). The van der Waals surface area contributed by atoms with Crippen LogP contribution >= 0.6 is 0 Å². The Bertz CT molecular complexity index is 307. The summed E-state index contributed by atoms with van der Waals surface area (Å²) in [7, 11) is 2.05. The van der Waals surface area contributed by atoms with Gasteiger partial charge in [-0.25, -0.2) is 0 Å². The van der Waals surface area contributed by atoms with Gasteiger partial charge in [0.15, 0.2) is 0 Å². The minimum absolute atomic E-state index is 0.0181. The molecule has 4 heteroatoms. The highest BCUT2D eigenvalue weighted by atomic mass is 16.2. The predicted octanol–water partition coefficient (Wildman–Crippen LogP) is 2.27. The number of hydrogen-bond acceptors (Lipinski definition) is 3. The van der Waals surface area contributed by atoms with Gasteiger partial charge in [-0.1, -0.05) is 32.6 Å². The number of hydrogen-bond donors (Lipinski definition) is 2. The molecule has 0 aromatic carbocycles. The SMILES string of the molecule is CCC(C)(C)NC(=O)CN(C)C1(CN)CCCCCC1. The number of carbonyl (C=O) groups is 1. The third kappa shape index (κ3) is 4.74. The molecule has 0 heterocycles. The van der Waals surface area contributed by atoms with Crippen molar-refractivity contribution in [2.75, 3.05) is 20.1 Å². The largest absolute Gasteiger partial charge is 0.350 e. The average molecular weight is 283 g/mol. The van der Waals surface area contributed by atoms with Crippen molar-refractivity contribution in [2.24, 2.45) is 5.73 Å². The standard InChI is InChI=1S/C16H33N3O/c1-5-15(2,3)18-14(20)12-19(4)16(13-17)10-8-6-7-9-11-16/h5-13,17H2,1-4H3,(H,18,20). The number of amides is 1. The van der Waals surface area contributed by atoms with Crippen molar-refractivity contribution < 1.29 is 4.79 Å². The molecule has 1 amide bonds. The van der Waals surface area contributed by atoms with Crippen LogP contribution in [0.25, 0.3) is 0 Å². The number of nitrogens with zero attached hydrogens (tertiary/aromatic N) is 1. The van der Waals surface area contributed by atoms with Crippen LogP contribution in [0.4, 0.5) is 0 Å². The number of nitrogens with one attached hydrogen (secondary N) is 1. The Kier molecular flexibility index (Phi) is 6.46. The monoisotopic (exact) mass is 283 g/mol. The molecule has 0 spiro atoms. The lowest BCUT2D eigenvalue weighted by Crippen LogP contribution is -2.56. The van der Waals surface area contributed by atoms with E-state index in [-0.39, 0.29) is 17.0 Å². The van der Waals surface area contributed by atoms with Crippen LogP contribution in [0.2, 0.25) is 0 Å². The van der Waals surface area contributed by atoms with E-state index in [9.17, 15) is 4.79 Å². The smallest absolute Gasteiger partial charge is 0.234 e. The summed E-state index contributed by atoms with van der Waals surface area (Å²) in [4.78, 5) is 14.4. The van der Waals surface area contributed by atoms with Gasteiger partial charge in [0.1, 0.15) is 0 Å². The summed E-state index contributed by atoms with van der Waals surface area (Å²) in [5.74, 6) is 0.108. The Morgan fingerprint density at radius 2 is 1.80 bits per heavy atom. The summed E-state index contributed by atoms with van der Waals surface area (Å²) >= 11 is 0. The Labute approximate surface area is 124 Å². The summed E-state index contributed by atoms with van der Waals surface area (Å²) in [6.07, 6.45) is 8.21. The van der Waals surface area contributed by atoms with Gasteiger partial charge in [-0.3, -0.25) is 9.69 Å². The van der Waals surface area contributed by atoms with Crippen molar-refractivity contribution in [1.82, 2.24) is 10.2 Å². The normalized spacial score (nSPS) is 19.7. The Hall–Kier alpha value is -0.610. The van der Waals surface area contributed by atoms with Crippen LogP contribution in [-0.2, 0) is 4.79 Å². The Morgan fingerprint density at radius 3 is 2.25 bits per heavy atom. The number of nitrogens with two attached hydrogens (primary N) is 1. The molecule has 1 aliphatic rings. The molecule has 0 radical (unpaired) electrons. The molecule has 0 bridgehead atoms. The van der Waals surface area contributed by atoms with Crippen molar-refractivity contribution in [3.8, 4) is 0 Å². The zero-order valence-corrected chi connectivity index (χ0v) is 13.8. The highest BCUT2D eigenvalue weighted by Crippen LogP contribution is 2.30.